The van der Waals surface area contributed by atoms with Crippen LogP contribution in [0.25, 0.3) is 0 Å². The van der Waals surface area contributed by atoms with Gasteiger partial charge in [-0.2, -0.15) is 0 Å². The maximum atomic E-state index is 3.64. The summed E-state index contributed by atoms with van der Waals surface area (Å²) in [6.45, 7) is 8.25. The molecular formula is C16H34N2. The Kier molecular flexibility index (Phi) is 9.59. The molecule has 0 saturated carbocycles. The van der Waals surface area contributed by atoms with E-state index < -0.39 is 0 Å². The number of hydrogen-bond donors (Lipinski definition) is 2. The molecule has 2 heteroatoms. The van der Waals surface area contributed by atoms with Crippen LogP contribution in [0.1, 0.15) is 71.6 Å². The van der Waals surface area contributed by atoms with Gasteiger partial charge in [0, 0.05) is 12.6 Å². The molecule has 0 aromatic heterocycles. The summed E-state index contributed by atoms with van der Waals surface area (Å²) in [6.07, 6.45) is 12.5. The number of nitrogens with one attached hydrogen (secondary N) is 2. The first-order valence-electron chi connectivity index (χ1n) is 8.23. The van der Waals surface area contributed by atoms with Gasteiger partial charge in [0.05, 0.1) is 0 Å². The largest absolute Gasteiger partial charge is 0.315 e. The molecule has 0 radical (unpaired) electrons. The van der Waals surface area contributed by atoms with Gasteiger partial charge in [-0.1, -0.05) is 52.4 Å². The third kappa shape index (κ3) is 8.93. The third-order valence-electron chi connectivity index (χ3n) is 3.94. The molecule has 1 saturated heterocycles. The molecule has 1 rings (SSSR count). The van der Waals surface area contributed by atoms with E-state index in [0.29, 0.717) is 0 Å². The molecule has 0 aromatic rings. The van der Waals surface area contributed by atoms with Crippen molar-refractivity contribution in [3.63, 3.8) is 0 Å². The Hall–Kier alpha value is -0.0800. The fourth-order valence-electron chi connectivity index (χ4n) is 2.71. The van der Waals surface area contributed by atoms with Crippen molar-refractivity contribution in [1.29, 1.82) is 0 Å². The SMILES string of the molecule is CC(C)CCCCCCNCC1CCCCCN1. The van der Waals surface area contributed by atoms with Gasteiger partial charge in [0.2, 0.25) is 0 Å². The maximum absolute atomic E-state index is 3.64. The Morgan fingerprint density at radius 1 is 1.06 bits per heavy atom. The van der Waals surface area contributed by atoms with E-state index in [4.69, 9.17) is 0 Å². The van der Waals surface area contributed by atoms with Crippen LogP contribution < -0.4 is 10.6 Å². The number of unbranched alkanes of at least 4 members (excludes halogenated alkanes) is 3. The normalized spacial score (nSPS) is 21.2. The highest BCUT2D eigenvalue weighted by Crippen LogP contribution is 2.09. The predicted molar refractivity (Wildman–Crippen MR) is 81.1 cm³/mol. The van der Waals surface area contributed by atoms with Crippen molar-refractivity contribution >= 4 is 0 Å². The van der Waals surface area contributed by atoms with Crippen molar-refractivity contribution in [3.8, 4) is 0 Å². The number of hydrogen-bond acceptors (Lipinski definition) is 2. The minimum Gasteiger partial charge on any atom is -0.315 e. The summed E-state index contributed by atoms with van der Waals surface area (Å²) in [6, 6.07) is 0.730. The smallest absolute Gasteiger partial charge is 0.0192 e. The topological polar surface area (TPSA) is 24.1 Å². The van der Waals surface area contributed by atoms with Crippen LogP contribution in [0, 0.1) is 5.92 Å². The van der Waals surface area contributed by atoms with Crippen LogP contribution in [0.15, 0.2) is 0 Å². The molecule has 2 N–H and O–H groups in total. The van der Waals surface area contributed by atoms with E-state index in [1.54, 1.807) is 0 Å². The molecule has 0 spiro atoms. The Balaban J connectivity index is 1.83. The van der Waals surface area contributed by atoms with Crippen LogP contribution in [0.3, 0.4) is 0 Å². The lowest BCUT2D eigenvalue weighted by Gasteiger charge is -2.16. The van der Waals surface area contributed by atoms with Crippen LogP contribution in [0.2, 0.25) is 0 Å². The summed E-state index contributed by atoms with van der Waals surface area (Å²) >= 11 is 0. The fraction of sp³-hybridized carbons (Fsp3) is 1.00. The molecule has 1 heterocycles. The zero-order chi connectivity index (χ0) is 13.1. The molecule has 0 bridgehead atoms. The molecule has 1 aliphatic rings. The van der Waals surface area contributed by atoms with E-state index in [1.165, 1.54) is 77.4 Å². The van der Waals surface area contributed by atoms with E-state index in [-0.39, 0.29) is 0 Å². The molecule has 1 fully saturated rings. The van der Waals surface area contributed by atoms with Crippen LogP contribution in [0.5, 0.6) is 0 Å². The summed E-state index contributed by atoms with van der Waals surface area (Å²) in [5.41, 5.74) is 0. The Morgan fingerprint density at radius 2 is 1.89 bits per heavy atom. The van der Waals surface area contributed by atoms with Crippen LogP contribution in [-0.4, -0.2) is 25.7 Å². The average Bonchev–Trinajstić information content (AvgIpc) is 2.61. The van der Waals surface area contributed by atoms with Crippen molar-refractivity contribution in [1.82, 2.24) is 10.6 Å². The van der Waals surface area contributed by atoms with Crippen molar-refractivity contribution in [2.75, 3.05) is 19.6 Å². The molecule has 2 nitrogen and oxygen atoms in total. The third-order valence-corrected chi connectivity index (χ3v) is 3.94. The van der Waals surface area contributed by atoms with Gasteiger partial charge in [-0.05, 0) is 38.3 Å². The highest BCUT2D eigenvalue weighted by molar-refractivity contribution is 4.72. The Morgan fingerprint density at radius 3 is 2.72 bits per heavy atom. The second-order valence-electron chi connectivity index (χ2n) is 6.30. The second kappa shape index (κ2) is 10.8. The molecule has 0 amide bonds. The van der Waals surface area contributed by atoms with Crippen molar-refractivity contribution in [2.45, 2.75) is 77.7 Å². The van der Waals surface area contributed by atoms with Crippen molar-refractivity contribution in [2.24, 2.45) is 5.92 Å². The average molecular weight is 254 g/mol. The monoisotopic (exact) mass is 254 g/mol. The zero-order valence-corrected chi connectivity index (χ0v) is 12.6. The van der Waals surface area contributed by atoms with Gasteiger partial charge in [-0.25, -0.2) is 0 Å². The van der Waals surface area contributed by atoms with Crippen LogP contribution in [0.4, 0.5) is 0 Å². The molecule has 1 aliphatic heterocycles. The first kappa shape index (κ1) is 16.0. The van der Waals surface area contributed by atoms with E-state index in [9.17, 15) is 0 Å². The lowest BCUT2D eigenvalue weighted by molar-refractivity contribution is 0.459. The van der Waals surface area contributed by atoms with Gasteiger partial charge in [-0.15, -0.1) is 0 Å². The first-order chi connectivity index (χ1) is 8.79. The van der Waals surface area contributed by atoms with Gasteiger partial charge in [-0.3, -0.25) is 0 Å². The summed E-state index contributed by atoms with van der Waals surface area (Å²) < 4.78 is 0. The second-order valence-corrected chi connectivity index (χ2v) is 6.30. The van der Waals surface area contributed by atoms with Crippen molar-refractivity contribution in [3.05, 3.63) is 0 Å². The van der Waals surface area contributed by atoms with E-state index in [2.05, 4.69) is 24.5 Å². The quantitative estimate of drug-likeness (QED) is 0.613. The van der Waals surface area contributed by atoms with Gasteiger partial charge in [0.1, 0.15) is 0 Å². The summed E-state index contributed by atoms with van der Waals surface area (Å²) in [5, 5.41) is 7.26. The minimum atomic E-state index is 0.730. The maximum Gasteiger partial charge on any atom is 0.0192 e. The minimum absolute atomic E-state index is 0.730. The fourth-order valence-corrected chi connectivity index (χ4v) is 2.71. The highest BCUT2D eigenvalue weighted by Gasteiger charge is 2.09. The van der Waals surface area contributed by atoms with E-state index >= 15 is 0 Å². The van der Waals surface area contributed by atoms with Gasteiger partial charge in [0.25, 0.3) is 0 Å². The predicted octanol–water partition coefficient (Wildman–Crippen LogP) is 3.71. The molecule has 108 valence electrons. The van der Waals surface area contributed by atoms with Crippen molar-refractivity contribution < 1.29 is 0 Å². The Bertz CT molecular complexity index is 172. The van der Waals surface area contributed by atoms with E-state index in [0.717, 1.165) is 12.0 Å². The summed E-state index contributed by atoms with van der Waals surface area (Å²) in [7, 11) is 0. The molecule has 18 heavy (non-hydrogen) atoms. The lowest BCUT2D eigenvalue weighted by atomic mass is 10.0. The summed E-state index contributed by atoms with van der Waals surface area (Å²) in [5.74, 6) is 0.879. The number of rotatable bonds is 9. The van der Waals surface area contributed by atoms with Gasteiger partial charge in [0.15, 0.2) is 0 Å². The van der Waals surface area contributed by atoms with Gasteiger partial charge < -0.3 is 10.6 Å². The molecular weight excluding hydrogens is 220 g/mol. The standard InChI is InChI=1S/C16H34N2/c1-15(2)10-6-3-4-8-12-17-14-16-11-7-5-9-13-18-16/h15-18H,3-14H2,1-2H3. The Labute approximate surface area is 114 Å². The van der Waals surface area contributed by atoms with E-state index in [1.807, 2.05) is 0 Å². The van der Waals surface area contributed by atoms with Gasteiger partial charge >= 0.3 is 0 Å². The zero-order valence-electron chi connectivity index (χ0n) is 12.6. The summed E-state index contributed by atoms with van der Waals surface area (Å²) in [4.78, 5) is 0. The molecule has 0 aromatic carbocycles. The lowest BCUT2D eigenvalue weighted by Crippen LogP contribution is -2.38. The van der Waals surface area contributed by atoms with Crippen LogP contribution >= 0.6 is 0 Å². The highest BCUT2D eigenvalue weighted by atomic mass is 15.0. The molecule has 0 aliphatic carbocycles. The van der Waals surface area contributed by atoms with Crippen LogP contribution in [-0.2, 0) is 0 Å². The molecule has 1 unspecified atom stereocenters. The first-order valence-corrected chi connectivity index (χ1v) is 8.23. The molecule has 1 atom stereocenters.